The summed E-state index contributed by atoms with van der Waals surface area (Å²) in [4.78, 5) is 45.1. The standard InChI is InChI=1S/C24H24N4O4S/c1-3-27(4-2)20(30)14-32-24(31)15-8-7-9-16(12-15)28-13-18(29)21(22(28)25)23-26-17-10-5-6-11-19(17)33-23/h5-12,21,25H,3-4,13-14H2,1-2H3. The van der Waals surface area contributed by atoms with Gasteiger partial charge in [0.2, 0.25) is 0 Å². The molecule has 0 spiro atoms. The molecule has 1 unspecified atom stereocenters. The van der Waals surface area contributed by atoms with Crippen molar-refractivity contribution in [2.75, 3.05) is 31.1 Å². The van der Waals surface area contributed by atoms with Crippen LogP contribution in [0.2, 0.25) is 0 Å². The van der Waals surface area contributed by atoms with E-state index >= 15 is 0 Å². The van der Waals surface area contributed by atoms with Gasteiger partial charge >= 0.3 is 5.97 Å². The molecule has 33 heavy (non-hydrogen) atoms. The predicted octanol–water partition coefficient (Wildman–Crippen LogP) is 3.47. The van der Waals surface area contributed by atoms with Crippen LogP contribution in [0.1, 0.15) is 35.1 Å². The zero-order valence-corrected chi connectivity index (χ0v) is 19.2. The quantitative estimate of drug-likeness (QED) is 0.537. The first-order valence-electron chi connectivity index (χ1n) is 10.7. The number of para-hydroxylation sites is 1. The van der Waals surface area contributed by atoms with Crippen molar-refractivity contribution >= 4 is 50.7 Å². The van der Waals surface area contributed by atoms with Gasteiger partial charge in [0.15, 0.2) is 12.4 Å². The molecule has 1 aromatic heterocycles. The molecule has 1 N–H and O–H groups in total. The highest BCUT2D eigenvalue weighted by Crippen LogP contribution is 2.34. The fraction of sp³-hybridized carbons (Fsp3) is 0.292. The van der Waals surface area contributed by atoms with Crippen LogP contribution in [0.3, 0.4) is 0 Å². The van der Waals surface area contributed by atoms with Gasteiger partial charge in [0.1, 0.15) is 16.8 Å². The van der Waals surface area contributed by atoms with Gasteiger partial charge in [-0.3, -0.25) is 15.0 Å². The first-order chi connectivity index (χ1) is 15.9. The molecule has 1 saturated heterocycles. The number of hydrogen-bond acceptors (Lipinski definition) is 7. The SMILES string of the molecule is CCN(CC)C(=O)COC(=O)c1cccc(N2CC(=O)C(c3nc4ccccc4s3)C2=N)c1. The molecular formula is C24H24N4O4S. The van der Waals surface area contributed by atoms with Crippen LogP contribution in [-0.2, 0) is 14.3 Å². The van der Waals surface area contributed by atoms with E-state index in [2.05, 4.69) is 4.98 Å². The van der Waals surface area contributed by atoms with E-state index in [1.165, 1.54) is 11.3 Å². The third-order valence-corrected chi connectivity index (χ3v) is 6.70. The molecule has 0 saturated carbocycles. The maximum atomic E-state index is 12.8. The predicted molar refractivity (Wildman–Crippen MR) is 127 cm³/mol. The Kier molecular flexibility index (Phi) is 6.50. The van der Waals surface area contributed by atoms with Crippen molar-refractivity contribution in [1.29, 1.82) is 5.41 Å². The van der Waals surface area contributed by atoms with Gasteiger partial charge in [-0.25, -0.2) is 9.78 Å². The van der Waals surface area contributed by atoms with E-state index < -0.39 is 11.9 Å². The van der Waals surface area contributed by atoms with Crippen molar-refractivity contribution in [3.05, 3.63) is 59.1 Å². The molecule has 1 atom stereocenters. The minimum atomic E-state index is -0.732. The number of amidine groups is 1. The van der Waals surface area contributed by atoms with E-state index in [9.17, 15) is 14.4 Å². The average molecular weight is 465 g/mol. The number of anilines is 1. The van der Waals surface area contributed by atoms with Crippen LogP contribution in [0.15, 0.2) is 48.5 Å². The number of carbonyl (C=O) groups excluding carboxylic acids is 3. The fourth-order valence-electron chi connectivity index (χ4n) is 3.82. The summed E-state index contributed by atoms with van der Waals surface area (Å²) in [5, 5.41) is 9.25. The van der Waals surface area contributed by atoms with Gasteiger partial charge in [-0.1, -0.05) is 18.2 Å². The summed E-state index contributed by atoms with van der Waals surface area (Å²) in [5.41, 5.74) is 1.60. The van der Waals surface area contributed by atoms with Gasteiger partial charge < -0.3 is 14.5 Å². The molecule has 4 rings (SSSR count). The normalized spacial score (nSPS) is 15.8. The lowest BCUT2D eigenvalue weighted by atomic mass is 10.1. The zero-order valence-electron chi connectivity index (χ0n) is 18.4. The summed E-state index contributed by atoms with van der Waals surface area (Å²) < 4.78 is 6.15. The lowest BCUT2D eigenvalue weighted by Gasteiger charge is -2.19. The van der Waals surface area contributed by atoms with Gasteiger partial charge in [-0.2, -0.15) is 0 Å². The maximum Gasteiger partial charge on any atom is 0.338 e. The average Bonchev–Trinajstić information content (AvgIpc) is 3.37. The fourth-order valence-corrected chi connectivity index (χ4v) is 4.91. The zero-order chi connectivity index (χ0) is 23.5. The highest BCUT2D eigenvalue weighted by atomic mass is 32.1. The van der Waals surface area contributed by atoms with Gasteiger partial charge in [-0.15, -0.1) is 11.3 Å². The van der Waals surface area contributed by atoms with E-state index in [0.717, 1.165) is 10.2 Å². The van der Waals surface area contributed by atoms with Crippen LogP contribution >= 0.6 is 11.3 Å². The third kappa shape index (κ3) is 4.49. The van der Waals surface area contributed by atoms with Crippen molar-refractivity contribution in [2.45, 2.75) is 19.8 Å². The smallest absolute Gasteiger partial charge is 0.338 e. The number of fused-ring (bicyclic) bond motifs is 1. The Morgan fingerprint density at radius 1 is 1.18 bits per heavy atom. The molecule has 170 valence electrons. The second-order valence-electron chi connectivity index (χ2n) is 7.58. The highest BCUT2D eigenvalue weighted by molar-refractivity contribution is 7.18. The number of likely N-dealkylation sites (N-methyl/N-ethyl adjacent to an activating group) is 1. The van der Waals surface area contributed by atoms with Gasteiger partial charge in [0, 0.05) is 18.8 Å². The Morgan fingerprint density at radius 3 is 2.67 bits per heavy atom. The molecule has 2 aromatic carbocycles. The number of amides is 1. The van der Waals surface area contributed by atoms with E-state index in [1.54, 1.807) is 34.1 Å². The van der Waals surface area contributed by atoms with E-state index in [-0.39, 0.29) is 36.2 Å². The molecule has 2 heterocycles. The molecule has 0 bridgehead atoms. The van der Waals surface area contributed by atoms with Gasteiger partial charge in [0.05, 0.1) is 22.3 Å². The Morgan fingerprint density at radius 2 is 1.94 bits per heavy atom. The second-order valence-corrected chi connectivity index (χ2v) is 8.65. The van der Waals surface area contributed by atoms with Crippen LogP contribution in [0.4, 0.5) is 5.69 Å². The number of thiazole rings is 1. The van der Waals surface area contributed by atoms with Crippen LogP contribution in [0, 0.1) is 5.41 Å². The summed E-state index contributed by atoms with van der Waals surface area (Å²) in [6, 6.07) is 14.2. The van der Waals surface area contributed by atoms with Crippen LogP contribution in [0.25, 0.3) is 10.2 Å². The maximum absolute atomic E-state index is 12.8. The number of nitrogens with zero attached hydrogens (tertiary/aromatic N) is 3. The molecule has 1 fully saturated rings. The van der Waals surface area contributed by atoms with Gasteiger partial charge in [-0.05, 0) is 44.2 Å². The second kappa shape index (κ2) is 9.50. The lowest BCUT2D eigenvalue weighted by Crippen LogP contribution is -2.34. The summed E-state index contributed by atoms with van der Waals surface area (Å²) in [6.07, 6.45) is 0. The first kappa shape index (κ1) is 22.6. The largest absolute Gasteiger partial charge is 0.452 e. The Hall–Kier alpha value is -3.59. The van der Waals surface area contributed by atoms with Crippen LogP contribution in [-0.4, -0.2) is 59.6 Å². The van der Waals surface area contributed by atoms with Crippen molar-refractivity contribution in [2.24, 2.45) is 0 Å². The number of esters is 1. The van der Waals surface area contributed by atoms with Crippen molar-refractivity contribution in [1.82, 2.24) is 9.88 Å². The first-order valence-corrected chi connectivity index (χ1v) is 11.5. The molecule has 9 heteroatoms. The number of hydrogen-bond donors (Lipinski definition) is 1. The highest BCUT2D eigenvalue weighted by Gasteiger charge is 2.40. The van der Waals surface area contributed by atoms with Gasteiger partial charge in [0.25, 0.3) is 5.91 Å². The minimum Gasteiger partial charge on any atom is -0.452 e. The topological polar surface area (TPSA) is 104 Å². The van der Waals surface area contributed by atoms with E-state index in [1.807, 2.05) is 38.1 Å². The molecule has 0 radical (unpaired) electrons. The third-order valence-electron chi connectivity index (χ3n) is 5.59. The number of Topliss-reactive ketones (excluding diaryl/α,β-unsaturated/α-hetero) is 1. The Bertz CT molecular complexity index is 1200. The molecule has 1 amide bonds. The molecule has 1 aliphatic heterocycles. The molecular weight excluding hydrogens is 440 g/mol. The summed E-state index contributed by atoms with van der Waals surface area (Å²) in [6.45, 7) is 4.51. The summed E-state index contributed by atoms with van der Waals surface area (Å²) in [7, 11) is 0. The Labute approximate surface area is 195 Å². The minimum absolute atomic E-state index is 0.0262. The lowest BCUT2D eigenvalue weighted by molar-refractivity contribution is -0.134. The number of carbonyl (C=O) groups is 3. The molecule has 8 nitrogen and oxygen atoms in total. The Balaban J connectivity index is 1.50. The van der Waals surface area contributed by atoms with Crippen molar-refractivity contribution in [3.63, 3.8) is 0 Å². The van der Waals surface area contributed by atoms with E-state index in [0.29, 0.717) is 23.8 Å². The summed E-state index contributed by atoms with van der Waals surface area (Å²) in [5.74, 6) is -1.60. The monoisotopic (exact) mass is 464 g/mol. The molecule has 0 aliphatic carbocycles. The molecule has 3 aromatic rings. The van der Waals surface area contributed by atoms with Crippen LogP contribution < -0.4 is 4.90 Å². The number of nitrogens with one attached hydrogen (secondary N) is 1. The number of ketones is 1. The number of aromatic nitrogens is 1. The number of benzene rings is 2. The number of rotatable bonds is 7. The number of ether oxygens (including phenoxy) is 1. The van der Waals surface area contributed by atoms with Crippen molar-refractivity contribution < 1.29 is 19.1 Å². The molecule has 1 aliphatic rings. The van der Waals surface area contributed by atoms with Crippen LogP contribution in [0.5, 0.6) is 0 Å². The van der Waals surface area contributed by atoms with Crippen molar-refractivity contribution in [3.8, 4) is 0 Å². The van der Waals surface area contributed by atoms with E-state index in [4.69, 9.17) is 10.1 Å². The summed E-state index contributed by atoms with van der Waals surface area (Å²) >= 11 is 1.41.